The molecule has 1 aromatic heterocycles. The fourth-order valence-corrected chi connectivity index (χ4v) is 2.56. The Labute approximate surface area is 121 Å². The van der Waals surface area contributed by atoms with E-state index in [9.17, 15) is 4.79 Å². The van der Waals surface area contributed by atoms with Crippen molar-refractivity contribution >= 4 is 11.7 Å². The molecule has 1 aromatic rings. The zero-order valence-corrected chi connectivity index (χ0v) is 12.6. The van der Waals surface area contributed by atoms with E-state index in [-0.39, 0.29) is 5.91 Å². The van der Waals surface area contributed by atoms with Crippen molar-refractivity contribution in [3.05, 3.63) is 23.9 Å². The van der Waals surface area contributed by atoms with Crippen LogP contribution in [0.3, 0.4) is 0 Å². The van der Waals surface area contributed by atoms with Crippen molar-refractivity contribution in [2.75, 3.05) is 39.0 Å². The van der Waals surface area contributed by atoms with E-state index in [1.54, 1.807) is 6.07 Å². The van der Waals surface area contributed by atoms with Crippen molar-refractivity contribution in [2.45, 2.75) is 25.8 Å². The first-order valence-electron chi connectivity index (χ1n) is 7.28. The first-order chi connectivity index (χ1) is 9.61. The third kappa shape index (κ3) is 3.48. The maximum absolute atomic E-state index is 12.5. The lowest BCUT2D eigenvalue weighted by Gasteiger charge is -2.36. The molecule has 1 unspecified atom stereocenters. The standard InChI is InChI=1S/C15H24N4O/c1-4-16-14-9-5-8-13(17-14)15(20)19-10-6-7-12(11-19)18(2)3/h5,8-9,12H,4,6-7,10-11H2,1-3H3,(H,16,17). The number of pyridine rings is 1. The number of anilines is 1. The Morgan fingerprint density at radius 2 is 2.30 bits per heavy atom. The highest BCUT2D eigenvalue weighted by atomic mass is 16.2. The van der Waals surface area contributed by atoms with Gasteiger partial charge in [0.05, 0.1) is 0 Å². The summed E-state index contributed by atoms with van der Waals surface area (Å²) in [5.74, 6) is 0.802. The van der Waals surface area contributed by atoms with E-state index < -0.39 is 0 Å². The van der Waals surface area contributed by atoms with Crippen LogP contribution in [0.1, 0.15) is 30.3 Å². The molecule has 1 aliphatic rings. The number of hydrogen-bond acceptors (Lipinski definition) is 4. The van der Waals surface area contributed by atoms with Crippen molar-refractivity contribution in [2.24, 2.45) is 0 Å². The highest BCUT2D eigenvalue weighted by Crippen LogP contribution is 2.16. The maximum atomic E-state index is 12.5. The second-order valence-corrected chi connectivity index (χ2v) is 5.45. The molecule has 20 heavy (non-hydrogen) atoms. The average Bonchev–Trinajstić information content (AvgIpc) is 2.47. The molecule has 1 atom stereocenters. The number of amides is 1. The largest absolute Gasteiger partial charge is 0.370 e. The zero-order chi connectivity index (χ0) is 14.5. The minimum absolute atomic E-state index is 0.0382. The van der Waals surface area contributed by atoms with E-state index >= 15 is 0 Å². The molecule has 1 N–H and O–H groups in total. The molecule has 0 spiro atoms. The van der Waals surface area contributed by atoms with E-state index in [2.05, 4.69) is 29.3 Å². The number of aromatic nitrogens is 1. The van der Waals surface area contributed by atoms with Crippen molar-refractivity contribution < 1.29 is 4.79 Å². The Morgan fingerprint density at radius 3 is 3.00 bits per heavy atom. The number of piperidine rings is 1. The number of hydrogen-bond donors (Lipinski definition) is 1. The highest BCUT2D eigenvalue weighted by molar-refractivity contribution is 5.92. The van der Waals surface area contributed by atoms with Gasteiger partial charge in [0.1, 0.15) is 11.5 Å². The van der Waals surface area contributed by atoms with Gasteiger partial charge in [-0.15, -0.1) is 0 Å². The highest BCUT2D eigenvalue weighted by Gasteiger charge is 2.26. The molecule has 1 amide bonds. The summed E-state index contributed by atoms with van der Waals surface area (Å²) in [6.45, 7) is 4.44. The SMILES string of the molecule is CCNc1cccc(C(=O)N2CCCC(N(C)C)C2)n1. The average molecular weight is 276 g/mol. The van der Waals surface area contributed by atoms with Crippen LogP contribution in [0, 0.1) is 0 Å². The maximum Gasteiger partial charge on any atom is 0.272 e. The van der Waals surface area contributed by atoms with Gasteiger partial charge < -0.3 is 15.1 Å². The quantitative estimate of drug-likeness (QED) is 0.909. The third-order valence-electron chi connectivity index (χ3n) is 3.74. The van der Waals surface area contributed by atoms with Gasteiger partial charge in [0, 0.05) is 25.7 Å². The second kappa shape index (κ2) is 6.70. The van der Waals surface area contributed by atoms with E-state index in [0.29, 0.717) is 11.7 Å². The first kappa shape index (κ1) is 14.8. The van der Waals surface area contributed by atoms with Crippen LogP contribution in [0.2, 0.25) is 0 Å². The molecule has 0 bridgehead atoms. The molecular formula is C15H24N4O. The van der Waals surface area contributed by atoms with Gasteiger partial charge in [0.2, 0.25) is 0 Å². The molecular weight excluding hydrogens is 252 g/mol. The molecule has 2 rings (SSSR count). The lowest BCUT2D eigenvalue weighted by Crippen LogP contribution is -2.47. The van der Waals surface area contributed by atoms with Crippen LogP contribution in [-0.2, 0) is 0 Å². The van der Waals surface area contributed by atoms with Gasteiger partial charge in [-0.3, -0.25) is 4.79 Å². The predicted octanol–water partition coefficient (Wildman–Crippen LogP) is 1.68. The molecule has 1 saturated heterocycles. The lowest BCUT2D eigenvalue weighted by molar-refractivity contribution is 0.0629. The molecule has 5 nitrogen and oxygen atoms in total. The van der Waals surface area contributed by atoms with Gasteiger partial charge >= 0.3 is 0 Å². The number of likely N-dealkylation sites (N-methyl/N-ethyl adjacent to an activating group) is 1. The Hall–Kier alpha value is -1.62. The number of carbonyl (C=O) groups is 1. The van der Waals surface area contributed by atoms with Gasteiger partial charge in [-0.2, -0.15) is 0 Å². The predicted molar refractivity (Wildman–Crippen MR) is 81.0 cm³/mol. The summed E-state index contributed by atoms with van der Waals surface area (Å²) in [4.78, 5) is 21.1. The van der Waals surface area contributed by atoms with Crippen molar-refractivity contribution in [1.29, 1.82) is 0 Å². The summed E-state index contributed by atoms with van der Waals surface area (Å²) in [7, 11) is 4.14. The van der Waals surface area contributed by atoms with Crippen LogP contribution in [0.15, 0.2) is 18.2 Å². The summed E-state index contributed by atoms with van der Waals surface area (Å²) in [6, 6.07) is 6.01. The fourth-order valence-electron chi connectivity index (χ4n) is 2.56. The molecule has 2 heterocycles. The molecule has 1 fully saturated rings. The Kier molecular flexibility index (Phi) is 4.95. The number of likely N-dealkylation sites (tertiary alicyclic amines) is 1. The van der Waals surface area contributed by atoms with Crippen LogP contribution in [-0.4, -0.2) is 60.5 Å². The topological polar surface area (TPSA) is 48.5 Å². The molecule has 0 aromatic carbocycles. The number of carbonyl (C=O) groups excluding carboxylic acids is 1. The number of rotatable bonds is 4. The first-order valence-corrected chi connectivity index (χ1v) is 7.28. The van der Waals surface area contributed by atoms with Crippen LogP contribution in [0.4, 0.5) is 5.82 Å². The van der Waals surface area contributed by atoms with Crippen molar-refractivity contribution in [1.82, 2.24) is 14.8 Å². The Bertz CT molecular complexity index is 461. The summed E-state index contributed by atoms with van der Waals surface area (Å²) in [5, 5.41) is 3.14. The smallest absolute Gasteiger partial charge is 0.272 e. The van der Waals surface area contributed by atoms with Gasteiger partial charge in [-0.1, -0.05) is 6.07 Å². The third-order valence-corrected chi connectivity index (χ3v) is 3.74. The van der Waals surface area contributed by atoms with E-state index in [4.69, 9.17) is 0 Å². The zero-order valence-electron chi connectivity index (χ0n) is 12.6. The normalized spacial score (nSPS) is 19.2. The summed E-state index contributed by atoms with van der Waals surface area (Å²) in [6.07, 6.45) is 2.21. The van der Waals surface area contributed by atoms with E-state index in [1.807, 2.05) is 24.0 Å². The van der Waals surface area contributed by atoms with Gasteiger partial charge in [-0.05, 0) is 46.0 Å². The summed E-state index contributed by atoms with van der Waals surface area (Å²) >= 11 is 0. The van der Waals surface area contributed by atoms with Crippen molar-refractivity contribution in [3.8, 4) is 0 Å². The molecule has 1 aliphatic heterocycles. The van der Waals surface area contributed by atoms with Crippen LogP contribution >= 0.6 is 0 Å². The molecule has 0 aliphatic carbocycles. The lowest BCUT2D eigenvalue weighted by atomic mass is 10.0. The molecule has 110 valence electrons. The van der Waals surface area contributed by atoms with Gasteiger partial charge in [0.25, 0.3) is 5.91 Å². The van der Waals surface area contributed by atoms with Crippen LogP contribution in [0.25, 0.3) is 0 Å². The molecule has 0 saturated carbocycles. The fraction of sp³-hybridized carbons (Fsp3) is 0.600. The van der Waals surface area contributed by atoms with Crippen LogP contribution in [0.5, 0.6) is 0 Å². The summed E-state index contributed by atoms with van der Waals surface area (Å²) < 4.78 is 0. The summed E-state index contributed by atoms with van der Waals surface area (Å²) in [5.41, 5.74) is 0.530. The minimum atomic E-state index is 0.0382. The number of nitrogens with zero attached hydrogens (tertiary/aromatic N) is 3. The Morgan fingerprint density at radius 1 is 1.50 bits per heavy atom. The van der Waals surface area contributed by atoms with E-state index in [0.717, 1.165) is 38.3 Å². The van der Waals surface area contributed by atoms with Crippen molar-refractivity contribution in [3.63, 3.8) is 0 Å². The van der Waals surface area contributed by atoms with E-state index in [1.165, 1.54) is 0 Å². The second-order valence-electron chi connectivity index (χ2n) is 5.45. The van der Waals surface area contributed by atoms with Crippen LogP contribution < -0.4 is 5.32 Å². The van der Waals surface area contributed by atoms with Gasteiger partial charge in [0.15, 0.2) is 0 Å². The number of nitrogens with one attached hydrogen (secondary N) is 1. The van der Waals surface area contributed by atoms with Gasteiger partial charge in [-0.25, -0.2) is 4.98 Å². The molecule has 0 radical (unpaired) electrons. The molecule has 5 heteroatoms. The minimum Gasteiger partial charge on any atom is -0.370 e. The Balaban J connectivity index is 2.08. The monoisotopic (exact) mass is 276 g/mol.